The third kappa shape index (κ3) is 2.31. The highest BCUT2D eigenvalue weighted by atomic mass is 32.1. The number of likely N-dealkylation sites (N-methyl/N-ethyl adjacent to an activating group) is 1. The Morgan fingerprint density at radius 2 is 2.00 bits per heavy atom. The third-order valence-corrected chi connectivity index (χ3v) is 4.24. The lowest BCUT2D eigenvalue weighted by atomic mass is 9.84. The lowest BCUT2D eigenvalue weighted by Crippen LogP contribution is -2.37. The zero-order chi connectivity index (χ0) is 11.5. The summed E-state index contributed by atoms with van der Waals surface area (Å²) in [6.45, 7) is 1.70. The Bertz CT molecular complexity index is 253. The molecule has 1 aliphatic carbocycles. The molecule has 16 heavy (non-hydrogen) atoms. The van der Waals surface area contributed by atoms with Crippen LogP contribution in [0.5, 0.6) is 0 Å². The number of nitrogens with zero attached hydrogens (tertiary/aromatic N) is 2. The maximum Gasteiger partial charge on any atom is 0.320 e. The van der Waals surface area contributed by atoms with Crippen LogP contribution in [-0.4, -0.2) is 47.8 Å². The largest absolute Gasteiger partial charge is 0.323 e. The summed E-state index contributed by atoms with van der Waals surface area (Å²) in [5.74, 6) is 1.49. The summed E-state index contributed by atoms with van der Waals surface area (Å²) in [6.07, 6.45) is 6.67. The van der Waals surface area contributed by atoms with Gasteiger partial charge < -0.3 is 9.80 Å². The van der Waals surface area contributed by atoms with Crippen LogP contribution < -0.4 is 0 Å². The van der Waals surface area contributed by atoms with Crippen LogP contribution in [0.15, 0.2) is 0 Å². The first-order chi connectivity index (χ1) is 7.74. The van der Waals surface area contributed by atoms with Gasteiger partial charge in [0.25, 0.3) is 0 Å². The number of rotatable bonds is 3. The van der Waals surface area contributed by atoms with E-state index in [-0.39, 0.29) is 6.03 Å². The van der Waals surface area contributed by atoms with Crippen LogP contribution in [-0.2, 0) is 0 Å². The van der Waals surface area contributed by atoms with E-state index in [1.807, 2.05) is 16.8 Å². The molecule has 2 rings (SSSR count). The average molecular weight is 242 g/mol. The molecule has 1 heterocycles. The summed E-state index contributed by atoms with van der Waals surface area (Å²) in [5.41, 5.74) is 0. The van der Waals surface area contributed by atoms with E-state index in [0.717, 1.165) is 24.8 Å². The normalized spacial score (nSPS) is 27.9. The minimum atomic E-state index is 0.199. The molecule has 1 saturated carbocycles. The smallest absolute Gasteiger partial charge is 0.320 e. The number of urea groups is 1. The topological polar surface area (TPSA) is 23.6 Å². The van der Waals surface area contributed by atoms with Crippen molar-refractivity contribution >= 4 is 18.7 Å². The van der Waals surface area contributed by atoms with E-state index in [1.54, 1.807) is 0 Å². The maximum atomic E-state index is 12.0. The number of carbonyl (C=O) groups is 1. The SMILES string of the molecule is CN1C(=O)N(CCS)CC1C1CCCCC1. The van der Waals surface area contributed by atoms with E-state index < -0.39 is 0 Å². The van der Waals surface area contributed by atoms with E-state index in [0.29, 0.717) is 6.04 Å². The van der Waals surface area contributed by atoms with Crippen LogP contribution >= 0.6 is 12.6 Å². The van der Waals surface area contributed by atoms with Crippen LogP contribution in [0.2, 0.25) is 0 Å². The zero-order valence-electron chi connectivity index (χ0n) is 10.1. The van der Waals surface area contributed by atoms with Gasteiger partial charge in [-0.05, 0) is 18.8 Å². The molecule has 2 aliphatic rings. The third-order valence-electron chi connectivity index (χ3n) is 4.04. The van der Waals surface area contributed by atoms with Crippen molar-refractivity contribution in [2.75, 3.05) is 25.9 Å². The van der Waals surface area contributed by atoms with Crippen molar-refractivity contribution in [1.82, 2.24) is 9.80 Å². The number of carbonyl (C=O) groups excluding carboxylic acids is 1. The molecule has 0 aromatic carbocycles. The molecule has 1 saturated heterocycles. The Kier molecular flexibility index (Phi) is 4.00. The Labute approximate surface area is 104 Å². The lowest BCUT2D eigenvalue weighted by molar-refractivity contribution is 0.180. The van der Waals surface area contributed by atoms with Crippen LogP contribution in [0.3, 0.4) is 0 Å². The minimum absolute atomic E-state index is 0.199. The predicted molar refractivity (Wildman–Crippen MR) is 68.9 cm³/mol. The monoisotopic (exact) mass is 242 g/mol. The summed E-state index contributed by atoms with van der Waals surface area (Å²) in [5, 5.41) is 0. The van der Waals surface area contributed by atoms with Gasteiger partial charge in [0, 0.05) is 25.9 Å². The molecule has 1 atom stereocenters. The van der Waals surface area contributed by atoms with E-state index in [2.05, 4.69) is 12.6 Å². The molecule has 0 N–H and O–H groups in total. The Hall–Kier alpha value is -0.380. The van der Waals surface area contributed by atoms with Crippen molar-refractivity contribution in [2.24, 2.45) is 5.92 Å². The molecular weight excluding hydrogens is 220 g/mol. The van der Waals surface area contributed by atoms with Crippen molar-refractivity contribution in [3.8, 4) is 0 Å². The zero-order valence-corrected chi connectivity index (χ0v) is 11.0. The first kappa shape index (κ1) is 12.1. The van der Waals surface area contributed by atoms with Gasteiger partial charge in [-0.1, -0.05) is 19.3 Å². The molecule has 3 nitrogen and oxygen atoms in total. The summed E-state index contributed by atoms with van der Waals surface area (Å²) in [6, 6.07) is 0.650. The van der Waals surface area contributed by atoms with Crippen LogP contribution in [0.1, 0.15) is 32.1 Å². The maximum absolute atomic E-state index is 12.0. The summed E-state index contributed by atoms with van der Waals surface area (Å²) < 4.78 is 0. The second-order valence-electron chi connectivity index (χ2n) is 5.03. The fraction of sp³-hybridized carbons (Fsp3) is 0.917. The molecule has 4 heteroatoms. The highest BCUT2D eigenvalue weighted by Crippen LogP contribution is 2.31. The van der Waals surface area contributed by atoms with Crippen LogP contribution in [0.4, 0.5) is 4.79 Å². The van der Waals surface area contributed by atoms with Gasteiger partial charge in [-0.3, -0.25) is 0 Å². The summed E-state index contributed by atoms with van der Waals surface area (Å²) in [7, 11) is 1.96. The van der Waals surface area contributed by atoms with Gasteiger partial charge in [0.05, 0.1) is 6.04 Å². The molecular formula is C12H22N2OS. The van der Waals surface area contributed by atoms with Crippen LogP contribution in [0, 0.1) is 5.92 Å². The molecule has 1 aliphatic heterocycles. The average Bonchev–Trinajstić information content (AvgIpc) is 2.59. The van der Waals surface area contributed by atoms with Gasteiger partial charge in [0.15, 0.2) is 0 Å². The van der Waals surface area contributed by atoms with Crippen molar-refractivity contribution in [3.05, 3.63) is 0 Å². The van der Waals surface area contributed by atoms with Crippen LogP contribution in [0.25, 0.3) is 0 Å². The minimum Gasteiger partial charge on any atom is -0.323 e. The van der Waals surface area contributed by atoms with E-state index in [9.17, 15) is 4.79 Å². The molecule has 0 bridgehead atoms. The molecule has 0 aromatic heterocycles. The number of amides is 2. The lowest BCUT2D eigenvalue weighted by Gasteiger charge is -2.30. The standard InChI is InChI=1S/C12H22N2OS/c1-13-11(10-5-3-2-4-6-10)9-14(7-8-16)12(13)15/h10-11,16H,2-9H2,1H3. The second kappa shape index (κ2) is 5.30. The molecule has 0 radical (unpaired) electrons. The second-order valence-corrected chi connectivity index (χ2v) is 5.48. The Morgan fingerprint density at radius 1 is 1.31 bits per heavy atom. The first-order valence-corrected chi connectivity index (χ1v) is 7.00. The molecule has 2 amide bonds. The van der Waals surface area contributed by atoms with Gasteiger partial charge in [0.1, 0.15) is 0 Å². The van der Waals surface area contributed by atoms with Gasteiger partial charge in [-0.2, -0.15) is 12.6 Å². The van der Waals surface area contributed by atoms with Crippen molar-refractivity contribution < 1.29 is 4.79 Å². The van der Waals surface area contributed by atoms with Crippen molar-refractivity contribution in [3.63, 3.8) is 0 Å². The van der Waals surface area contributed by atoms with E-state index in [4.69, 9.17) is 0 Å². The van der Waals surface area contributed by atoms with Gasteiger partial charge in [-0.25, -0.2) is 4.79 Å². The van der Waals surface area contributed by atoms with Crippen molar-refractivity contribution in [1.29, 1.82) is 0 Å². The van der Waals surface area contributed by atoms with Gasteiger partial charge in [-0.15, -0.1) is 0 Å². The highest BCUT2D eigenvalue weighted by molar-refractivity contribution is 7.80. The molecule has 0 aromatic rings. The van der Waals surface area contributed by atoms with Crippen molar-refractivity contribution in [2.45, 2.75) is 38.1 Å². The van der Waals surface area contributed by atoms with E-state index >= 15 is 0 Å². The van der Waals surface area contributed by atoms with E-state index in [1.165, 1.54) is 32.1 Å². The van der Waals surface area contributed by atoms with Gasteiger partial charge in [0.2, 0.25) is 0 Å². The highest BCUT2D eigenvalue weighted by Gasteiger charge is 2.38. The molecule has 92 valence electrons. The quantitative estimate of drug-likeness (QED) is 0.754. The molecule has 2 fully saturated rings. The fourth-order valence-electron chi connectivity index (χ4n) is 3.08. The predicted octanol–water partition coefficient (Wildman–Crippen LogP) is 2.23. The Morgan fingerprint density at radius 3 is 2.62 bits per heavy atom. The van der Waals surface area contributed by atoms with Gasteiger partial charge >= 0.3 is 6.03 Å². The first-order valence-electron chi connectivity index (χ1n) is 6.36. The number of hydrogen-bond acceptors (Lipinski definition) is 2. The number of hydrogen-bond donors (Lipinski definition) is 1. The fourth-order valence-corrected chi connectivity index (χ4v) is 3.32. The molecule has 1 unspecified atom stereocenters. The summed E-state index contributed by atoms with van der Waals surface area (Å²) >= 11 is 4.21. The number of thiol groups is 1. The molecule has 0 spiro atoms. The summed E-state index contributed by atoms with van der Waals surface area (Å²) in [4.78, 5) is 15.9. The Balaban J connectivity index is 1.97.